The molecular formula is C11H7IO4. The van der Waals surface area contributed by atoms with Gasteiger partial charge in [-0.2, -0.15) is 0 Å². The topological polar surface area (TPSA) is 77.8 Å². The highest BCUT2D eigenvalue weighted by molar-refractivity contribution is 14.1. The first-order valence-corrected chi connectivity index (χ1v) is 5.46. The number of fused-ring (bicyclic) bond motifs is 1. The quantitative estimate of drug-likeness (QED) is 0.703. The van der Waals surface area contributed by atoms with Crippen molar-refractivity contribution in [3.63, 3.8) is 0 Å². The summed E-state index contributed by atoms with van der Waals surface area (Å²) in [6.07, 6.45) is 0. The number of carboxylic acids is 1. The molecule has 4 nitrogen and oxygen atoms in total. The van der Waals surface area contributed by atoms with Crippen LogP contribution in [-0.2, 0) is 0 Å². The van der Waals surface area contributed by atoms with Crippen LogP contribution in [0.25, 0.3) is 10.8 Å². The molecule has 0 saturated carbocycles. The maximum atomic E-state index is 10.8. The molecule has 3 N–H and O–H groups in total. The standard InChI is InChI=1S/C11H7IO4/c12-10-6-4-9(14)7(11(15)16)3-5(6)1-2-8(10)13/h1-4,13-14H,(H,15,16). The van der Waals surface area contributed by atoms with Gasteiger partial charge >= 0.3 is 5.97 Å². The molecule has 0 radical (unpaired) electrons. The molecule has 0 amide bonds. The van der Waals surface area contributed by atoms with Crippen LogP contribution in [0.5, 0.6) is 11.5 Å². The predicted molar refractivity (Wildman–Crippen MR) is 67.0 cm³/mol. The summed E-state index contributed by atoms with van der Waals surface area (Å²) in [5, 5.41) is 29.1. The normalized spacial score (nSPS) is 10.6. The van der Waals surface area contributed by atoms with Gasteiger partial charge in [0.25, 0.3) is 0 Å². The first kappa shape index (κ1) is 11.0. The zero-order valence-electron chi connectivity index (χ0n) is 7.94. The van der Waals surface area contributed by atoms with E-state index in [1.54, 1.807) is 6.07 Å². The van der Waals surface area contributed by atoms with E-state index in [0.717, 1.165) is 0 Å². The van der Waals surface area contributed by atoms with Crippen LogP contribution in [0.3, 0.4) is 0 Å². The third kappa shape index (κ3) is 1.67. The van der Waals surface area contributed by atoms with Crippen molar-refractivity contribution in [3.8, 4) is 11.5 Å². The molecule has 0 saturated heterocycles. The highest BCUT2D eigenvalue weighted by atomic mass is 127. The lowest BCUT2D eigenvalue weighted by Gasteiger charge is -2.06. The summed E-state index contributed by atoms with van der Waals surface area (Å²) >= 11 is 1.94. The lowest BCUT2D eigenvalue weighted by atomic mass is 10.1. The van der Waals surface area contributed by atoms with E-state index in [4.69, 9.17) is 5.11 Å². The molecule has 0 spiro atoms. The van der Waals surface area contributed by atoms with E-state index in [1.165, 1.54) is 18.2 Å². The monoisotopic (exact) mass is 330 g/mol. The first-order chi connectivity index (χ1) is 7.50. The van der Waals surface area contributed by atoms with Crippen LogP contribution < -0.4 is 0 Å². The molecule has 82 valence electrons. The minimum absolute atomic E-state index is 0.107. The molecule has 2 aromatic carbocycles. The maximum Gasteiger partial charge on any atom is 0.339 e. The Morgan fingerprint density at radius 3 is 2.44 bits per heavy atom. The van der Waals surface area contributed by atoms with Crippen LogP contribution in [0, 0.1) is 3.57 Å². The van der Waals surface area contributed by atoms with Gasteiger partial charge in [0.05, 0.1) is 3.57 Å². The van der Waals surface area contributed by atoms with Gasteiger partial charge in [-0.15, -0.1) is 0 Å². The smallest absolute Gasteiger partial charge is 0.339 e. The van der Waals surface area contributed by atoms with Crippen LogP contribution in [0.1, 0.15) is 10.4 Å². The second-order valence-electron chi connectivity index (χ2n) is 3.29. The van der Waals surface area contributed by atoms with Crippen molar-refractivity contribution in [2.75, 3.05) is 0 Å². The lowest BCUT2D eigenvalue weighted by Crippen LogP contribution is -1.96. The number of hydrogen-bond donors (Lipinski definition) is 3. The summed E-state index contributed by atoms with van der Waals surface area (Å²) in [6, 6.07) is 5.83. The molecule has 0 aliphatic carbocycles. The average Bonchev–Trinajstić information content (AvgIpc) is 2.23. The van der Waals surface area contributed by atoms with Crippen LogP contribution in [0.2, 0.25) is 0 Å². The van der Waals surface area contributed by atoms with E-state index < -0.39 is 5.97 Å². The molecule has 0 fully saturated rings. The van der Waals surface area contributed by atoms with Gasteiger partial charge in [0.15, 0.2) is 0 Å². The number of halogens is 1. The molecule has 0 aliphatic rings. The van der Waals surface area contributed by atoms with Crippen molar-refractivity contribution in [1.82, 2.24) is 0 Å². The Kier molecular flexibility index (Phi) is 2.63. The highest BCUT2D eigenvalue weighted by Crippen LogP contribution is 2.32. The van der Waals surface area contributed by atoms with Gasteiger partial charge in [0.1, 0.15) is 17.1 Å². The third-order valence-electron chi connectivity index (χ3n) is 2.28. The molecule has 0 unspecified atom stereocenters. The first-order valence-electron chi connectivity index (χ1n) is 4.38. The second kappa shape index (κ2) is 3.82. The van der Waals surface area contributed by atoms with E-state index in [2.05, 4.69) is 0 Å². The summed E-state index contributed by atoms with van der Waals surface area (Å²) in [5.41, 5.74) is -0.144. The number of rotatable bonds is 1. The van der Waals surface area contributed by atoms with Crippen molar-refractivity contribution in [2.45, 2.75) is 0 Å². The molecule has 2 rings (SSSR count). The zero-order chi connectivity index (χ0) is 11.9. The summed E-state index contributed by atoms with van der Waals surface area (Å²) in [6.45, 7) is 0. The minimum atomic E-state index is -1.18. The van der Waals surface area contributed by atoms with Crippen molar-refractivity contribution in [3.05, 3.63) is 33.4 Å². The summed E-state index contributed by atoms with van der Waals surface area (Å²) in [5.74, 6) is -1.37. The van der Waals surface area contributed by atoms with Gasteiger partial charge in [-0.1, -0.05) is 6.07 Å². The molecule has 0 bridgehead atoms. The fraction of sp³-hybridized carbons (Fsp3) is 0. The van der Waals surface area contributed by atoms with Crippen molar-refractivity contribution >= 4 is 39.3 Å². The Morgan fingerprint density at radius 1 is 1.12 bits per heavy atom. The highest BCUT2D eigenvalue weighted by Gasteiger charge is 2.13. The zero-order valence-corrected chi connectivity index (χ0v) is 10.1. The van der Waals surface area contributed by atoms with Crippen molar-refractivity contribution in [2.24, 2.45) is 0 Å². The van der Waals surface area contributed by atoms with Gasteiger partial charge in [0.2, 0.25) is 0 Å². The number of aromatic hydroxyl groups is 2. The second-order valence-corrected chi connectivity index (χ2v) is 4.37. The average molecular weight is 330 g/mol. The molecular weight excluding hydrogens is 323 g/mol. The number of phenols is 2. The summed E-state index contributed by atoms with van der Waals surface area (Å²) < 4.78 is 0.585. The predicted octanol–water partition coefficient (Wildman–Crippen LogP) is 2.55. The summed E-state index contributed by atoms with van der Waals surface area (Å²) in [7, 11) is 0. The number of hydrogen-bond acceptors (Lipinski definition) is 3. The molecule has 0 heterocycles. The Balaban J connectivity index is 2.84. The maximum absolute atomic E-state index is 10.8. The van der Waals surface area contributed by atoms with E-state index >= 15 is 0 Å². The van der Waals surface area contributed by atoms with Crippen LogP contribution >= 0.6 is 22.6 Å². The van der Waals surface area contributed by atoms with Crippen molar-refractivity contribution < 1.29 is 20.1 Å². The van der Waals surface area contributed by atoms with E-state index in [-0.39, 0.29) is 17.1 Å². The summed E-state index contributed by atoms with van der Waals surface area (Å²) in [4.78, 5) is 10.8. The Bertz CT molecular complexity index is 592. The van der Waals surface area contributed by atoms with Gasteiger partial charge < -0.3 is 15.3 Å². The van der Waals surface area contributed by atoms with Gasteiger partial charge in [0, 0.05) is 5.39 Å². The molecule has 2 aromatic rings. The van der Waals surface area contributed by atoms with Crippen LogP contribution in [-0.4, -0.2) is 21.3 Å². The number of carbonyl (C=O) groups is 1. The largest absolute Gasteiger partial charge is 0.507 e. The number of carboxylic acid groups (broad SMARTS) is 1. The van der Waals surface area contributed by atoms with Crippen molar-refractivity contribution in [1.29, 1.82) is 0 Å². The fourth-order valence-corrected chi connectivity index (χ4v) is 2.13. The third-order valence-corrected chi connectivity index (χ3v) is 3.41. The van der Waals surface area contributed by atoms with E-state index in [9.17, 15) is 15.0 Å². The Labute approximate surface area is 104 Å². The number of benzene rings is 2. The molecule has 0 atom stereocenters. The van der Waals surface area contributed by atoms with Gasteiger partial charge in [-0.25, -0.2) is 4.79 Å². The SMILES string of the molecule is O=C(O)c1cc2ccc(O)c(I)c2cc1O. The lowest BCUT2D eigenvalue weighted by molar-refractivity contribution is 0.0694. The van der Waals surface area contributed by atoms with Crippen LogP contribution in [0.15, 0.2) is 24.3 Å². The fourth-order valence-electron chi connectivity index (χ4n) is 1.48. The minimum Gasteiger partial charge on any atom is -0.507 e. The number of aromatic carboxylic acids is 1. The Hall–Kier alpha value is -1.50. The molecule has 0 aliphatic heterocycles. The molecule has 0 aromatic heterocycles. The molecule has 16 heavy (non-hydrogen) atoms. The molecule has 5 heteroatoms. The number of phenolic OH excluding ortho intramolecular Hbond substituents is 1. The van der Waals surface area contributed by atoms with Gasteiger partial charge in [-0.3, -0.25) is 0 Å². The van der Waals surface area contributed by atoms with E-state index in [1.807, 2.05) is 22.6 Å². The van der Waals surface area contributed by atoms with E-state index in [0.29, 0.717) is 14.3 Å². The Morgan fingerprint density at radius 2 is 1.81 bits per heavy atom. The van der Waals surface area contributed by atoms with Crippen LogP contribution in [0.4, 0.5) is 0 Å². The van der Waals surface area contributed by atoms with Gasteiger partial charge in [-0.05, 0) is 46.2 Å².